The molecule has 0 saturated heterocycles. The van der Waals surface area contributed by atoms with Gasteiger partial charge in [-0.15, -0.1) is 0 Å². The van der Waals surface area contributed by atoms with Gasteiger partial charge in [-0.3, -0.25) is 9.17 Å². The Morgan fingerprint density at radius 2 is 2.06 bits per heavy atom. The maximum Gasteiger partial charge on any atom is 0.265 e. The highest BCUT2D eigenvalue weighted by molar-refractivity contribution is 7.86. The molecule has 1 atom stereocenters. The minimum absolute atomic E-state index is 0.264. The minimum Gasteiger partial charge on any atom is -0.260 e. The molecule has 0 N–H and O–H groups in total. The standard InChI is InChI=1S/C12H17NO3S/c1-17(14,15)16-12(10-6-2-3-7-10)11-8-4-5-9-13-11/h4-5,8-10,12H,2-3,6-7H2,1H3/t12-/m0/s1. The van der Waals surface area contributed by atoms with Gasteiger partial charge < -0.3 is 0 Å². The molecular formula is C12H17NO3S. The topological polar surface area (TPSA) is 56.3 Å². The van der Waals surface area contributed by atoms with Gasteiger partial charge >= 0.3 is 0 Å². The van der Waals surface area contributed by atoms with Gasteiger partial charge in [0, 0.05) is 6.20 Å². The first kappa shape index (κ1) is 12.5. The summed E-state index contributed by atoms with van der Waals surface area (Å²) in [6.07, 6.45) is 6.64. The van der Waals surface area contributed by atoms with Gasteiger partial charge in [-0.2, -0.15) is 8.42 Å². The monoisotopic (exact) mass is 255 g/mol. The lowest BCUT2D eigenvalue weighted by molar-refractivity contribution is 0.142. The normalized spacial score (nSPS) is 19.4. The predicted octanol–water partition coefficient (Wildman–Crippen LogP) is 2.29. The fourth-order valence-corrected chi connectivity index (χ4v) is 2.99. The molecular weight excluding hydrogens is 238 g/mol. The second-order valence-electron chi connectivity index (χ2n) is 4.52. The molecule has 0 spiro atoms. The Hall–Kier alpha value is -0.940. The summed E-state index contributed by atoms with van der Waals surface area (Å²) in [6.45, 7) is 0. The lowest BCUT2D eigenvalue weighted by Gasteiger charge is -2.21. The average molecular weight is 255 g/mol. The average Bonchev–Trinajstić information content (AvgIpc) is 2.79. The Bertz CT molecular complexity index is 452. The molecule has 1 aliphatic rings. The van der Waals surface area contributed by atoms with E-state index in [-0.39, 0.29) is 5.92 Å². The van der Waals surface area contributed by atoms with Crippen LogP contribution in [0.15, 0.2) is 24.4 Å². The summed E-state index contributed by atoms with van der Waals surface area (Å²) in [5.41, 5.74) is 0.713. The van der Waals surface area contributed by atoms with Crippen LogP contribution in [-0.2, 0) is 14.3 Å². The van der Waals surface area contributed by atoms with Gasteiger partial charge in [0.15, 0.2) is 0 Å². The van der Waals surface area contributed by atoms with E-state index in [1.165, 1.54) is 0 Å². The SMILES string of the molecule is CS(=O)(=O)O[C@H](c1ccccn1)C1CCCC1. The van der Waals surface area contributed by atoms with Gasteiger partial charge in [-0.25, -0.2) is 0 Å². The van der Waals surface area contributed by atoms with Gasteiger partial charge in [0.25, 0.3) is 10.1 Å². The largest absolute Gasteiger partial charge is 0.265 e. The van der Waals surface area contributed by atoms with Crippen molar-refractivity contribution >= 4 is 10.1 Å². The molecule has 17 heavy (non-hydrogen) atoms. The second kappa shape index (κ2) is 5.14. The fraction of sp³-hybridized carbons (Fsp3) is 0.583. The van der Waals surface area contributed by atoms with E-state index < -0.39 is 16.2 Å². The van der Waals surface area contributed by atoms with E-state index >= 15 is 0 Å². The van der Waals surface area contributed by atoms with Crippen LogP contribution in [0.5, 0.6) is 0 Å². The van der Waals surface area contributed by atoms with Crippen molar-refractivity contribution in [3.63, 3.8) is 0 Å². The third-order valence-electron chi connectivity index (χ3n) is 3.09. The van der Waals surface area contributed by atoms with E-state index in [2.05, 4.69) is 4.98 Å². The first-order valence-corrected chi connectivity index (χ1v) is 7.67. The molecule has 1 aromatic heterocycles. The number of pyridine rings is 1. The summed E-state index contributed by atoms with van der Waals surface area (Å²) in [5, 5.41) is 0. The van der Waals surface area contributed by atoms with Gasteiger partial charge in [-0.05, 0) is 30.9 Å². The Kier molecular flexibility index (Phi) is 3.79. The second-order valence-corrected chi connectivity index (χ2v) is 6.12. The molecule has 5 heteroatoms. The smallest absolute Gasteiger partial charge is 0.260 e. The Balaban J connectivity index is 2.23. The molecule has 0 aromatic carbocycles. The van der Waals surface area contributed by atoms with Crippen LogP contribution in [0.3, 0.4) is 0 Å². The van der Waals surface area contributed by atoms with Gasteiger partial charge in [0.1, 0.15) is 6.10 Å². The van der Waals surface area contributed by atoms with Gasteiger partial charge in [0.2, 0.25) is 0 Å². The van der Waals surface area contributed by atoms with Crippen molar-refractivity contribution in [1.82, 2.24) is 4.98 Å². The number of rotatable bonds is 4. The van der Waals surface area contributed by atoms with Crippen molar-refractivity contribution in [2.45, 2.75) is 31.8 Å². The molecule has 4 nitrogen and oxygen atoms in total. The summed E-state index contributed by atoms with van der Waals surface area (Å²) in [7, 11) is -3.45. The predicted molar refractivity (Wildman–Crippen MR) is 64.9 cm³/mol. The third-order valence-corrected chi connectivity index (χ3v) is 3.64. The van der Waals surface area contributed by atoms with Crippen LogP contribution >= 0.6 is 0 Å². The molecule has 1 fully saturated rings. The Morgan fingerprint density at radius 3 is 2.59 bits per heavy atom. The van der Waals surface area contributed by atoms with E-state index in [1.54, 1.807) is 6.20 Å². The summed E-state index contributed by atoms with van der Waals surface area (Å²) in [4.78, 5) is 4.22. The minimum atomic E-state index is -3.45. The molecule has 0 amide bonds. The van der Waals surface area contributed by atoms with Crippen LogP contribution < -0.4 is 0 Å². The molecule has 2 rings (SSSR count). The van der Waals surface area contributed by atoms with E-state index in [0.717, 1.165) is 31.9 Å². The number of hydrogen-bond donors (Lipinski definition) is 0. The molecule has 1 aliphatic carbocycles. The fourth-order valence-electron chi connectivity index (χ4n) is 2.36. The van der Waals surface area contributed by atoms with Crippen molar-refractivity contribution in [2.24, 2.45) is 5.92 Å². The maximum absolute atomic E-state index is 11.3. The molecule has 0 bridgehead atoms. The van der Waals surface area contributed by atoms with Crippen molar-refractivity contribution < 1.29 is 12.6 Å². The first-order valence-electron chi connectivity index (χ1n) is 5.85. The van der Waals surface area contributed by atoms with Crippen molar-refractivity contribution in [2.75, 3.05) is 6.26 Å². The highest BCUT2D eigenvalue weighted by Crippen LogP contribution is 2.38. The number of hydrogen-bond acceptors (Lipinski definition) is 4. The van der Waals surface area contributed by atoms with E-state index in [1.807, 2.05) is 18.2 Å². The van der Waals surface area contributed by atoms with Crippen LogP contribution in [0.4, 0.5) is 0 Å². The Labute approximate surface area is 102 Å². The van der Waals surface area contributed by atoms with Gasteiger partial charge in [-0.1, -0.05) is 18.9 Å². The maximum atomic E-state index is 11.3. The van der Waals surface area contributed by atoms with Crippen LogP contribution in [0, 0.1) is 5.92 Å². The zero-order valence-electron chi connectivity index (χ0n) is 9.87. The van der Waals surface area contributed by atoms with Crippen LogP contribution in [0.1, 0.15) is 37.5 Å². The lowest BCUT2D eigenvalue weighted by Crippen LogP contribution is -2.18. The van der Waals surface area contributed by atoms with Crippen molar-refractivity contribution in [3.05, 3.63) is 30.1 Å². The van der Waals surface area contributed by atoms with E-state index in [0.29, 0.717) is 5.69 Å². The third kappa shape index (κ3) is 3.51. The van der Waals surface area contributed by atoms with Crippen LogP contribution in [-0.4, -0.2) is 19.7 Å². The molecule has 0 radical (unpaired) electrons. The van der Waals surface area contributed by atoms with Gasteiger partial charge in [0.05, 0.1) is 11.9 Å². The van der Waals surface area contributed by atoms with E-state index in [9.17, 15) is 8.42 Å². The summed E-state index contributed by atoms with van der Waals surface area (Å²) >= 11 is 0. The summed E-state index contributed by atoms with van der Waals surface area (Å²) in [5.74, 6) is 0.264. The highest BCUT2D eigenvalue weighted by atomic mass is 32.2. The molecule has 1 saturated carbocycles. The van der Waals surface area contributed by atoms with Crippen LogP contribution in [0.2, 0.25) is 0 Å². The quantitative estimate of drug-likeness (QED) is 0.775. The van der Waals surface area contributed by atoms with E-state index in [4.69, 9.17) is 4.18 Å². The number of nitrogens with zero attached hydrogens (tertiary/aromatic N) is 1. The molecule has 1 heterocycles. The Morgan fingerprint density at radius 1 is 1.35 bits per heavy atom. The first-order chi connectivity index (χ1) is 8.06. The summed E-state index contributed by atoms with van der Waals surface area (Å²) in [6, 6.07) is 5.50. The highest BCUT2D eigenvalue weighted by Gasteiger charge is 2.30. The zero-order valence-corrected chi connectivity index (χ0v) is 10.7. The van der Waals surface area contributed by atoms with Crippen LogP contribution in [0.25, 0.3) is 0 Å². The lowest BCUT2D eigenvalue weighted by atomic mass is 9.98. The van der Waals surface area contributed by atoms with Crippen molar-refractivity contribution in [1.29, 1.82) is 0 Å². The summed E-state index contributed by atoms with van der Waals surface area (Å²) < 4.78 is 27.9. The molecule has 0 unspecified atom stereocenters. The van der Waals surface area contributed by atoms with Crippen molar-refractivity contribution in [3.8, 4) is 0 Å². The molecule has 94 valence electrons. The zero-order chi connectivity index (χ0) is 12.3. The number of aromatic nitrogens is 1. The molecule has 1 aromatic rings. The molecule has 0 aliphatic heterocycles.